The highest BCUT2D eigenvalue weighted by Gasteiger charge is 2.13. The average Bonchev–Trinajstić information content (AvgIpc) is 3.35. The highest BCUT2D eigenvalue weighted by molar-refractivity contribution is 5.43. The minimum absolute atomic E-state index is 0.627. The molecule has 4 rings (SSSR count). The molecule has 0 aliphatic carbocycles. The predicted octanol–water partition coefficient (Wildman–Crippen LogP) is 2.81. The Hall–Kier alpha value is -2.72. The fourth-order valence-corrected chi connectivity index (χ4v) is 4.99. The first-order valence-corrected chi connectivity index (χ1v) is 13.9. The Balaban J connectivity index is 1.22. The van der Waals surface area contributed by atoms with Crippen molar-refractivity contribution in [3.63, 3.8) is 0 Å². The van der Waals surface area contributed by atoms with Crippen molar-refractivity contribution in [3.05, 3.63) is 24.5 Å². The molecule has 0 atom stereocenters. The van der Waals surface area contributed by atoms with Gasteiger partial charge in [-0.15, -0.1) is 0 Å². The maximum Gasteiger partial charge on any atom is 0.224 e. The van der Waals surface area contributed by atoms with Gasteiger partial charge in [0.2, 0.25) is 11.9 Å². The van der Waals surface area contributed by atoms with E-state index in [0.717, 1.165) is 70.5 Å². The SMILES string of the molecule is NCCN(CCNc1nccc(N2CCCCCC2)n1)CCNc1nccc(N2CCCCCC2)n1. The summed E-state index contributed by atoms with van der Waals surface area (Å²) in [5.74, 6) is 3.45. The van der Waals surface area contributed by atoms with Crippen LogP contribution in [-0.4, -0.2) is 90.3 Å². The maximum atomic E-state index is 5.88. The van der Waals surface area contributed by atoms with Crippen LogP contribution >= 0.6 is 0 Å². The second-order valence-corrected chi connectivity index (χ2v) is 9.76. The molecule has 0 unspecified atom stereocenters. The predicted molar refractivity (Wildman–Crippen MR) is 148 cm³/mol. The third kappa shape index (κ3) is 8.44. The lowest BCUT2D eigenvalue weighted by Crippen LogP contribution is -2.37. The van der Waals surface area contributed by atoms with E-state index in [2.05, 4.69) is 35.3 Å². The van der Waals surface area contributed by atoms with E-state index < -0.39 is 0 Å². The van der Waals surface area contributed by atoms with E-state index >= 15 is 0 Å². The third-order valence-electron chi connectivity index (χ3n) is 7.01. The molecule has 198 valence electrons. The summed E-state index contributed by atoms with van der Waals surface area (Å²) in [6.07, 6.45) is 13.9. The van der Waals surface area contributed by atoms with Crippen LogP contribution < -0.4 is 26.2 Å². The van der Waals surface area contributed by atoms with Crippen molar-refractivity contribution in [1.82, 2.24) is 24.8 Å². The Kier molecular flexibility index (Phi) is 10.8. The van der Waals surface area contributed by atoms with Gasteiger partial charge in [0.1, 0.15) is 11.6 Å². The zero-order chi connectivity index (χ0) is 24.8. The number of nitrogens with zero attached hydrogens (tertiary/aromatic N) is 7. The van der Waals surface area contributed by atoms with Gasteiger partial charge in [-0.05, 0) is 37.8 Å². The molecule has 0 bridgehead atoms. The molecule has 0 spiro atoms. The zero-order valence-corrected chi connectivity index (χ0v) is 21.7. The van der Waals surface area contributed by atoms with Gasteiger partial charge in [-0.1, -0.05) is 25.7 Å². The molecular formula is C26H44N10. The summed E-state index contributed by atoms with van der Waals surface area (Å²) in [5.41, 5.74) is 5.88. The Bertz CT molecular complexity index is 809. The van der Waals surface area contributed by atoms with E-state index in [1.54, 1.807) is 0 Å². The van der Waals surface area contributed by atoms with Crippen LogP contribution in [0.15, 0.2) is 24.5 Å². The van der Waals surface area contributed by atoms with Crippen LogP contribution in [0.25, 0.3) is 0 Å². The van der Waals surface area contributed by atoms with Crippen LogP contribution in [-0.2, 0) is 0 Å². The van der Waals surface area contributed by atoms with Crippen molar-refractivity contribution in [1.29, 1.82) is 0 Å². The molecular weight excluding hydrogens is 452 g/mol. The molecule has 0 amide bonds. The fraction of sp³-hybridized carbons (Fsp3) is 0.692. The molecule has 0 aromatic carbocycles. The molecule has 2 fully saturated rings. The van der Waals surface area contributed by atoms with Gasteiger partial charge in [0.25, 0.3) is 0 Å². The van der Waals surface area contributed by atoms with Crippen molar-refractivity contribution in [2.75, 3.05) is 85.9 Å². The van der Waals surface area contributed by atoms with Crippen LogP contribution in [0.5, 0.6) is 0 Å². The van der Waals surface area contributed by atoms with Gasteiger partial charge in [0.15, 0.2) is 0 Å². The van der Waals surface area contributed by atoms with E-state index in [-0.39, 0.29) is 0 Å². The minimum Gasteiger partial charge on any atom is -0.356 e. The first kappa shape index (κ1) is 26.3. The number of aromatic nitrogens is 4. The summed E-state index contributed by atoms with van der Waals surface area (Å²) >= 11 is 0. The molecule has 2 aromatic rings. The van der Waals surface area contributed by atoms with Gasteiger partial charge in [-0.25, -0.2) is 9.97 Å². The Labute approximate surface area is 216 Å². The van der Waals surface area contributed by atoms with E-state index in [4.69, 9.17) is 15.7 Å². The third-order valence-corrected chi connectivity index (χ3v) is 7.01. The molecule has 2 aromatic heterocycles. The quantitative estimate of drug-likeness (QED) is 0.405. The summed E-state index contributed by atoms with van der Waals surface area (Å²) in [4.78, 5) is 25.5. The fourth-order valence-electron chi connectivity index (χ4n) is 4.99. The molecule has 0 radical (unpaired) electrons. The molecule has 2 aliphatic rings. The van der Waals surface area contributed by atoms with Gasteiger partial charge >= 0.3 is 0 Å². The second kappa shape index (κ2) is 14.7. The number of hydrogen-bond acceptors (Lipinski definition) is 10. The van der Waals surface area contributed by atoms with E-state index in [1.165, 1.54) is 51.4 Å². The number of rotatable bonds is 12. The molecule has 2 aliphatic heterocycles. The molecule has 2 saturated heterocycles. The maximum absolute atomic E-state index is 5.88. The Morgan fingerprint density at radius 1 is 0.667 bits per heavy atom. The Morgan fingerprint density at radius 3 is 1.53 bits per heavy atom. The largest absolute Gasteiger partial charge is 0.356 e. The van der Waals surface area contributed by atoms with Gasteiger partial charge in [0, 0.05) is 77.8 Å². The number of hydrogen-bond donors (Lipinski definition) is 3. The van der Waals surface area contributed by atoms with Gasteiger partial charge in [0.05, 0.1) is 0 Å². The number of nitrogens with two attached hydrogens (primary N) is 1. The van der Waals surface area contributed by atoms with Crippen molar-refractivity contribution < 1.29 is 0 Å². The summed E-state index contributed by atoms with van der Waals surface area (Å²) in [5, 5.41) is 6.81. The van der Waals surface area contributed by atoms with Crippen molar-refractivity contribution >= 4 is 23.5 Å². The summed E-state index contributed by atoms with van der Waals surface area (Å²) in [6.45, 7) is 9.06. The normalized spacial score (nSPS) is 17.1. The van der Waals surface area contributed by atoms with Crippen LogP contribution in [0.1, 0.15) is 51.4 Å². The number of nitrogens with one attached hydrogen (secondary N) is 2. The van der Waals surface area contributed by atoms with Crippen molar-refractivity contribution in [2.24, 2.45) is 5.73 Å². The lowest BCUT2D eigenvalue weighted by Gasteiger charge is -2.23. The highest BCUT2D eigenvalue weighted by Crippen LogP contribution is 2.19. The molecule has 4 heterocycles. The Morgan fingerprint density at radius 2 is 1.11 bits per heavy atom. The second-order valence-electron chi connectivity index (χ2n) is 9.76. The molecule has 36 heavy (non-hydrogen) atoms. The van der Waals surface area contributed by atoms with Crippen LogP contribution in [0.2, 0.25) is 0 Å². The summed E-state index contributed by atoms with van der Waals surface area (Å²) in [6, 6.07) is 4.04. The van der Waals surface area contributed by atoms with Gasteiger partial charge < -0.3 is 26.2 Å². The van der Waals surface area contributed by atoms with Crippen LogP contribution in [0, 0.1) is 0 Å². The lowest BCUT2D eigenvalue weighted by molar-refractivity contribution is 0.302. The highest BCUT2D eigenvalue weighted by atomic mass is 15.2. The molecule has 10 heteroatoms. The standard InChI is InChI=1S/C26H44N10/c27-11-20-34(21-14-30-25-28-12-9-23(32-25)35-16-5-1-2-6-17-35)22-15-31-26-29-13-10-24(33-26)36-18-7-3-4-8-19-36/h9-10,12-13H,1-8,11,14-22,27H2,(H,28,30,32)(H,29,31,33). The molecule has 10 nitrogen and oxygen atoms in total. The topological polar surface area (TPSA) is 111 Å². The van der Waals surface area contributed by atoms with Gasteiger partial charge in [-0.2, -0.15) is 9.97 Å². The van der Waals surface area contributed by atoms with E-state index in [1.807, 2.05) is 24.5 Å². The minimum atomic E-state index is 0.627. The van der Waals surface area contributed by atoms with E-state index in [0.29, 0.717) is 18.4 Å². The van der Waals surface area contributed by atoms with Crippen molar-refractivity contribution in [2.45, 2.75) is 51.4 Å². The van der Waals surface area contributed by atoms with Crippen LogP contribution in [0.3, 0.4) is 0 Å². The summed E-state index contributed by atoms with van der Waals surface area (Å²) < 4.78 is 0. The summed E-state index contributed by atoms with van der Waals surface area (Å²) in [7, 11) is 0. The zero-order valence-electron chi connectivity index (χ0n) is 21.7. The van der Waals surface area contributed by atoms with Gasteiger partial charge in [-0.3, -0.25) is 4.90 Å². The first-order chi connectivity index (χ1) is 17.8. The average molecular weight is 497 g/mol. The monoisotopic (exact) mass is 496 g/mol. The van der Waals surface area contributed by atoms with Crippen molar-refractivity contribution in [3.8, 4) is 0 Å². The number of anilines is 4. The molecule has 0 saturated carbocycles. The first-order valence-electron chi connectivity index (χ1n) is 13.9. The smallest absolute Gasteiger partial charge is 0.224 e. The van der Waals surface area contributed by atoms with Crippen LogP contribution in [0.4, 0.5) is 23.5 Å². The molecule has 4 N–H and O–H groups in total. The van der Waals surface area contributed by atoms with E-state index in [9.17, 15) is 0 Å². The lowest BCUT2D eigenvalue weighted by atomic mass is 10.2.